The average molecular weight is 617 g/mol. The monoisotopic (exact) mass is 616 g/mol. The normalized spacial score (nSPS) is 14.5. The molecule has 0 bridgehead atoms. The Kier molecular flexibility index (Phi) is 7.28. The molecule has 2 aliphatic rings. The average Bonchev–Trinajstić information content (AvgIpc) is 3.33. The number of pyridine rings is 1. The van der Waals surface area contributed by atoms with Crippen molar-refractivity contribution in [2.24, 2.45) is 0 Å². The summed E-state index contributed by atoms with van der Waals surface area (Å²) in [5.74, 6) is 1.60. The van der Waals surface area contributed by atoms with Crippen LogP contribution in [0.15, 0.2) is 91.1 Å². The third kappa shape index (κ3) is 5.42. The van der Waals surface area contributed by atoms with Crippen molar-refractivity contribution in [3.8, 4) is 39.6 Å². The number of anilines is 3. The fraction of sp³-hybridized carbons (Fsp3) is 0.250. The third-order valence-corrected chi connectivity index (χ3v) is 8.78. The number of fused-ring (bicyclic) bond motifs is 5. The number of nitrogens with one attached hydrogen (secondary N) is 3. The molecule has 3 N–H and O–H groups in total. The second-order valence-corrected chi connectivity index (χ2v) is 13.1. The Morgan fingerprint density at radius 3 is 2.51 bits per heavy atom. The molecule has 3 aromatic carbocycles. The van der Waals surface area contributed by atoms with Gasteiger partial charge in [0.1, 0.15) is 11.4 Å². The lowest BCUT2D eigenvalue weighted by atomic mass is 9.71. The molecule has 3 heterocycles. The van der Waals surface area contributed by atoms with E-state index in [1.807, 2.05) is 45.2 Å². The molecule has 2 aromatic heterocycles. The van der Waals surface area contributed by atoms with Crippen molar-refractivity contribution < 1.29 is 9.53 Å². The van der Waals surface area contributed by atoms with Gasteiger partial charge in [-0.05, 0) is 82.0 Å². The molecule has 1 saturated carbocycles. The molecule has 0 atom stereocenters. The zero-order valence-electron chi connectivity index (χ0n) is 25.8. The summed E-state index contributed by atoms with van der Waals surface area (Å²) in [6, 6.07) is 29.2. The van der Waals surface area contributed by atoms with Crippen LogP contribution >= 0.6 is 11.9 Å². The molecule has 9 heteroatoms. The van der Waals surface area contributed by atoms with Gasteiger partial charge in [-0.25, -0.2) is 14.8 Å². The molecular formula is C36H36N6O2S. The van der Waals surface area contributed by atoms with Crippen LogP contribution in [0.1, 0.15) is 45.6 Å². The molecule has 0 radical (unpaired) electrons. The van der Waals surface area contributed by atoms with Crippen LogP contribution in [0.2, 0.25) is 0 Å². The first-order valence-electron chi connectivity index (χ1n) is 15.2. The van der Waals surface area contributed by atoms with Gasteiger partial charge in [0.2, 0.25) is 0 Å². The van der Waals surface area contributed by atoms with E-state index in [1.54, 1.807) is 18.1 Å². The van der Waals surface area contributed by atoms with E-state index in [4.69, 9.17) is 14.7 Å². The van der Waals surface area contributed by atoms with E-state index in [9.17, 15) is 4.79 Å². The molecule has 1 amide bonds. The fourth-order valence-electron chi connectivity index (χ4n) is 6.20. The van der Waals surface area contributed by atoms with Crippen LogP contribution in [0.4, 0.5) is 22.0 Å². The largest absolute Gasteiger partial charge is 0.444 e. The van der Waals surface area contributed by atoms with Crippen molar-refractivity contribution in [3.05, 3.63) is 96.7 Å². The molecule has 5 aromatic rings. The molecule has 1 fully saturated rings. The molecule has 0 spiro atoms. The maximum atomic E-state index is 12.8. The minimum atomic E-state index is -0.559. The van der Waals surface area contributed by atoms with Gasteiger partial charge in [-0.1, -0.05) is 60.5 Å². The number of benzene rings is 3. The van der Waals surface area contributed by atoms with Gasteiger partial charge >= 0.3 is 6.09 Å². The Labute approximate surface area is 267 Å². The van der Waals surface area contributed by atoms with Crippen molar-refractivity contribution in [2.45, 2.75) is 51.2 Å². The summed E-state index contributed by atoms with van der Waals surface area (Å²) in [6.45, 7) is 5.65. The van der Waals surface area contributed by atoms with Crippen molar-refractivity contribution >= 4 is 35.2 Å². The highest BCUT2D eigenvalue weighted by Gasteiger charge is 2.41. The van der Waals surface area contributed by atoms with Gasteiger partial charge in [0.15, 0.2) is 5.82 Å². The van der Waals surface area contributed by atoms with Gasteiger partial charge in [-0.2, -0.15) is 0 Å². The summed E-state index contributed by atoms with van der Waals surface area (Å²) in [6.07, 6.45) is 6.22. The summed E-state index contributed by atoms with van der Waals surface area (Å²) in [5.41, 5.74) is 7.80. The number of carbonyl (C=O) groups excluding carboxylic acids is 1. The predicted octanol–water partition coefficient (Wildman–Crippen LogP) is 8.92. The first-order chi connectivity index (χ1) is 21.7. The SMILES string of the molecule is CSNc1cccc(-c2nc3n(c2-c2ccc(C4(NC(=O)OC(C)(C)C)CCC4)cc2)-c2cccnc2Nc2ccccc2-3)c1. The van der Waals surface area contributed by atoms with E-state index >= 15 is 0 Å². The minimum Gasteiger partial charge on any atom is -0.444 e. The van der Waals surface area contributed by atoms with Crippen molar-refractivity contribution in [1.29, 1.82) is 0 Å². The summed E-state index contributed by atoms with van der Waals surface area (Å²) in [7, 11) is 0. The second kappa shape index (κ2) is 11.3. The maximum absolute atomic E-state index is 12.8. The third-order valence-electron chi connectivity index (χ3n) is 8.34. The van der Waals surface area contributed by atoms with Gasteiger partial charge in [0.05, 0.1) is 28.3 Å². The summed E-state index contributed by atoms with van der Waals surface area (Å²) in [4.78, 5) is 22.9. The van der Waals surface area contributed by atoms with Gasteiger partial charge in [-0.15, -0.1) is 0 Å². The highest BCUT2D eigenvalue weighted by atomic mass is 32.2. The van der Waals surface area contributed by atoms with Crippen LogP contribution in [0.3, 0.4) is 0 Å². The number of nitrogens with zero attached hydrogens (tertiary/aromatic N) is 3. The quantitative estimate of drug-likeness (QED) is 0.161. The Morgan fingerprint density at radius 2 is 1.78 bits per heavy atom. The van der Waals surface area contributed by atoms with Crippen LogP contribution < -0.4 is 15.4 Å². The van der Waals surface area contributed by atoms with Crippen molar-refractivity contribution in [1.82, 2.24) is 19.9 Å². The number of amides is 1. The van der Waals surface area contributed by atoms with Crippen LogP contribution in [-0.2, 0) is 10.3 Å². The van der Waals surface area contributed by atoms with Gasteiger partial charge in [0, 0.05) is 34.8 Å². The van der Waals surface area contributed by atoms with E-state index in [1.165, 1.54) is 0 Å². The number of ether oxygens (including phenoxy) is 1. The molecule has 8 nitrogen and oxygen atoms in total. The number of rotatable bonds is 6. The smallest absolute Gasteiger partial charge is 0.408 e. The Morgan fingerprint density at radius 1 is 0.978 bits per heavy atom. The molecule has 228 valence electrons. The number of carbonyl (C=O) groups is 1. The molecule has 1 aliphatic heterocycles. The fourth-order valence-corrected chi connectivity index (χ4v) is 6.56. The molecular weight excluding hydrogens is 581 g/mol. The maximum Gasteiger partial charge on any atom is 0.408 e. The zero-order valence-corrected chi connectivity index (χ0v) is 26.7. The lowest BCUT2D eigenvalue weighted by molar-refractivity contribution is 0.0377. The summed E-state index contributed by atoms with van der Waals surface area (Å²) in [5, 5.41) is 6.73. The van der Waals surface area contributed by atoms with E-state index in [-0.39, 0.29) is 6.09 Å². The molecule has 45 heavy (non-hydrogen) atoms. The Balaban J connectivity index is 1.40. The zero-order chi connectivity index (χ0) is 31.2. The van der Waals surface area contributed by atoms with Gasteiger partial charge < -0.3 is 20.1 Å². The number of hydrogen-bond donors (Lipinski definition) is 3. The first kappa shape index (κ1) is 29.0. The second-order valence-electron chi connectivity index (χ2n) is 12.5. The van der Waals surface area contributed by atoms with E-state index in [0.29, 0.717) is 0 Å². The standard InChI is InChI=1S/C36H36N6O2S/c1-35(2,3)44-34(43)40-36(19-9-20-36)25-17-15-23(16-18-25)31-30(24-10-7-11-26(22-24)41-45-4)39-33-27-12-5-6-13-28(27)38-32-29(42(31)33)14-8-21-37-32/h5-8,10-18,21-22,41H,9,19-20H2,1-4H3,(H,37,38)(H,40,43). The summed E-state index contributed by atoms with van der Waals surface area (Å²) >= 11 is 1.56. The van der Waals surface area contributed by atoms with Crippen LogP contribution in [0.25, 0.3) is 39.6 Å². The molecule has 0 unspecified atom stereocenters. The number of para-hydroxylation sites is 1. The number of imidazole rings is 1. The highest BCUT2D eigenvalue weighted by Crippen LogP contribution is 2.46. The highest BCUT2D eigenvalue weighted by molar-refractivity contribution is 7.99. The Bertz CT molecular complexity index is 1890. The minimum absolute atomic E-state index is 0.385. The van der Waals surface area contributed by atoms with E-state index < -0.39 is 11.1 Å². The van der Waals surface area contributed by atoms with Crippen LogP contribution in [-0.4, -0.2) is 32.5 Å². The lowest BCUT2D eigenvalue weighted by Crippen LogP contribution is -2.52. The van der Waals surface area contributed by atoms with Crippen LogP contribution in [0.5, 0.6) is 0 Å². The van der Waals surface area contributed by atoms with E-state index in [0.717, 1.165) is 81.6 Å². The summed E-state index contributed by atoms with van der Waals surface area (Å²) < 4.78 is 11.2. The predicted molar refractivity (Wildman–Crippen MR) is 183 cm³/mol. The van der Waals surface area contributed by atoms with Gasteiger partial charge in [0.25, 0.3) is 0 Å². The number of aromatic nitrogens is 3. The Hall–Kier alpha value is -4.76. The number of hydrogen-bond acceptors (Lipinski definition) is 7. The molecule has 1 aliphatic carbocycles. The molecule has 7 rings (SSSR count). The molecule has 0 saturated heterocycles. The lowest BCUT2D eigenvalue weighted by Gasteiger charge is -2.43. The topological polar surface area (TPSA) is 93.1 Å². The van der Waals surface area contributed by atoms with E-state index in [2.05, 4.69) is 86.7 Å². The van der Waals surface area contributed by atoms with Crippen LogP contribution in [0, 0.1) is 0 Å². The van der Waals surface area contributed by atoms with Crippen molar-refractivity contribution in [2.75, 3.05) is 16.3 Å². The van der Waals surface area contributed by atoms with Crippen molar-refractivity contribution in [3.63, 3.8) is 0 Å². The first-order valence-corrected chi connectivity index (χ1v) is 16.4. The van der Waals surface area contributed by atoms with Gasteiger partial charge in [-0.3, -0.25) is 4.57 Å². The number of alkyl carbamates (subject to hydrolysis) is 1.